The van der Waals surface area contributed by atoms with E-state index in [1.54, 1.807) is 7.05 Å². The number of rotatable bonds is 4. The van der Waals surface area contributed by atoms with Crippen molar-refractivity contribution in [1.82, 2.24) is 4.90 Å². The lowest BCUT2D eigenvalue weighted by Gasteiger charge is -2.22. The third-order valence-electron chi connectivity index (χ3n) is 3.75. The summed E-state index contributed by atoms with van der Waals surface area (Å²) >= 11 is 0. The number of hydrogen-bond acceptors (Lipinski definition) is 2. The predicted octanol–water partition coefficient (Wildman–Crippen LogP) is 2.40. The van der Waals surface area contributed by atoms with E-state index in [1.807, 2.05) is 0 Å². The van der Waals surface area contributed by atoms with Crippen molar-refractivity contribution in [3.63, 3.8) is 0 Å². The molecule has 0 heterocycles. The molecule has 0 bridgehead atoms. The Balaban J connectivity index is 2.01. The van der Waals surface area contributed by atoms with Crippen LogP contribution in [0.5, 0.6) is 0 Å². The number of nitrogens with zero attached hydrogens (tertiary/aromatic N) is 1. The third-order valence-corrected chi connectivity index (χ3v) is 3.75. The average molecular weight is 286 g/mol. The molecule has 0 radical (unpaired) electrons. The summed E-state index contributed by atoms with van der Waals surface area (Å²) in [5.41, 5.74) is 5.15. The van der Waals surface area contributed by atoms with Crippen LogP contribution >= 0.6 is 0 Å². The Bertz CT molecular complexity index is 492. The lowest BCUT2D eigenvalue weighted by atomic mass is 10.1. The van der Waals surface area contributed by atoms with Crippen LogP contribution in [0.15, 0.2) is 24.3 Å². The van der Waals surface area contributed by atoms with Gasteiger partial charge in [0.05, 0.1) is 11.0 Å². The minimum atomic E-state index is -4.34. The van der Waals surface area contributed by atoms with Gasteiger partial charge in [0, 0.05) is 20.1 Å². The molecular weight excluding hydrogens is 269 g/mol. The highest BCUT2D eigenvalue weighted by Gasteiger charge is 2.49. The van der Waals surface area contributed by atoms with Crippen molar-refractivity contribution in [3.05, 3.63) is 35.4 Å². The first-order chi connectivity index (χ1) is 9.28. The van der Waals surface area contributed by atoms with Gasteiger partial charge in [0.15, 0.2) is 0 Å². The van der Waals surface area contributed by atoms with Gasteiger partial charge >= 0.3 is 6.18 Å². The summed E-state index contributed by atoms with van der Waals surface area (Å²) in [5, 5.41) is 0. The van der Waals surface area contributed by atoms with Crippen LogP contribution in [0.2, 0.25) is 0 Å². The molecule has 2 rings (SSSR count). The summed E-state index contributed by atoms with van der Waals surface area (Å²) in [7, 11) is 1.65. The van der Waals surface area contributed by atoms with Crippen molar-refractivity contribution in [2.45, 2.75) is 25.6 Å². The van der Waals surface area contributed by atoms with E-state index in [-0.39, 0.29) is 5.91 Å². The fourth-order valence-electron chi connectivity index (χ4n) is 2.21. The van der Waals surface area contributed by atoms with Gasteiger partial charge in [0.2, 0.25) is 5.91 Å². The van der Waals surface area contributed by atoms with E-state index in [0.717, 1.165) is 25.0 Å². The molecular formula is C14H17F3N2O. The molecule has 1 aliphatic carbocycles. The fourth-order valence-corrected chi connectivity index (χ4v) is 2.21. The van der Waals surface area contributed by atoms with Crippen LogP contribution in [0.1, 0.15) is 24.0 Å². The van der Waals surface area contributed by atoms with Gasteiger partial charge in [-0.3, -0.25) is 4.79 Å². The highest BCUT2D eigenvalue weighted by Crippen LogP contribution is 2.46. The average Bonchev–Trinajstić information content (AvgIpc) is 3.18. The van der Waals surface area contributed by atoms with Gasteiger partial charge in [0.1, 0.15) is 0 Å². The summed E-state index contributed by atoms with van der Waals surface area (Å²) in [6, 6.07) is 4.86. The van der Waals surface area contributed by atoms with E-state index in [4.69, 9.17) is 5.73 Å². The number of benzene rings is 1. The van der Waals surface area contributed by atoms with Crippen LogP contribution in [-0.2, 0) is 17.5 Å². The summed E-state index contributed by atoms with van der Waals surface area (Å²) in [4.78, 5) is 13.7. The van der Waals surface area contributed by atoms with Gasteiger partial charge in [0.25, 0.3) is 0 Å². The van der Waals surface area contributed by atoms with E-state index in [2.05, 4.69) is 0 Å². The smallest absolute Gasteiger partial charge is 0.341 e. The van der Waals surface area contributed by atoms with Crippen LogP contribution < -0.4 is 5.73 Å². The van der Waals surface area contributed by atoms with Crippen molar-refractivity contribution < 1.29 is 18.0 Å². The summed E-state index contributed by atoms with van der Waals surface area (Å²) in [6.07, 6.45) is -2.75. The molecule has 0 spiro atoms. The van der Waals surface area contributed by atoms with Gasteiger partial charge in [-0.15, -0.1) is 0 Å². The zero-order chi connectivity index (χ0) is 15.0. The maximum Gasteiger partial charge on any atom is 0.416 e. The molecule has 3 nitrogen and oxygen atoms in total. The zero-order valence-electron chi connectivity index (χ0n) is 11.2. The van der Waals surface area contributed by atoms with Gasteiger partial charge in [-0.2, -0.15) is 13.2 Å². The Morgan fingerprint density at radius 1 is 1.30 bits per heavy atom. The molecule has 1 aliphatic rings. The molecule has 0 aliphatic heterocycles. The van der Waals surface area contributed by atoms with Crippen LogP contribution in [-0.4, -0.2) is 24.4 Å². The van der Waals surface area contributed by atoms with Crippen molar-refractivity contribution in [3.8, 4) is 0 Å². The number of nitrogens with two attached hydrogens (primary N) is 1. The Labute approximate surface area is 115 Å². The quantitative estimate of drug-likeness (QED) is 0.924. The normalized spacial score (nSPS) is 16.9. The molecule has 110 valence electrons. The molecule has 20 heavy (non-hydrogen) atoms. The van der Waals surface area contributed by atoms with Crippen molar-refractivity contribution >= 4 is 5.91 Å². The maximum absolute atomic E-state index is 12.4. The molecule has 1 amide bonds. The van der Waals surface area contributed by atoms with Gasteiger partial charge in [-0.25, -0.2) is 0 Å². The van der Waals surface area contributed by atoms with Crippen LogP contribution in [0.25, 0.3) is 0 Å². The van der Waals surface area contributed by atoms with E-state index in [1.165, 1.54) is 17.0 Å². The number of hydrogen-bond donors (Lipinski definition) is 1. The van der Waals surface area contributed by atoms with Crippen molar-refractivity contribution in [1.29, 1.82) is 0 Å². The standard InChI is InChI=1S/C14H17F3N2O/c1-19(12(20)13(9-18)6-7-13)8-10-2-4-11(5-3-10)14(15,16)17/h2-5H,6-9,18H2,1H3. The molecule has 6 heteroatoms. The van der Waals surface area contributed by atoms with Gasteiger partial charge in [-0.05, 0) is 30.5 Å². The Kier molecular flexibility index (Phi) is 3.77. The first kappa shape index (κ1) is 14.8. The van der Waals surface area contributed by atoms with Crippen LogP contribution in [0, 0.1) is 5.41 Å². The van der Waals surface area contributed by atoms with Crippen LogP contribution in [0.4, 0.5) is 13.2 Å². The largest absolute Gasteiger partial charge is 0.416 e. The molecule has 0 saturated heterocycles. The first-order valence-electron chi connectivity index (χ1n) is 6.40. The maximum atomic E-state index is 12.4. The Morgan fingerprint density at radius 3 is 2.25 bits per heavy atom. The minimum Gasteiger partial charge on any atom is -0.341 e. The number of alkyl halides is 3. The monoisotopic (exact) mass is 286 g/mol. The molecule has 1 fully saturated rings. The second-order valence-corrected chi connectivity index (χ2v) is 5.34. The summed E-state index contributed by atoms with van der Waals surface area (Å²) in [5.74, 6) is -0.0279. The number of halogens is 3. The van der Waals surface area contributed by atoms with Crippen LogP contribution in [0.3, 0.4) is 0 Å². The lowest BCUT2D eigenvalue weighted by Crippen LogP contribution is -2.37. The molecule has 0 atom stereocenters. The predicted molar refractivity (Wildman–Crippen MR) is 68.6 cm³/mol. The lowest BCUT2D eigenvalue weighted by molar-refractivity contribution is -0.138. The SMILES string of the molecule is CN(Cc1ccc(C(F)(F)F)cc1)C(=O)C1(CN)CC1. The van der Waals surface area contributed by atoms with Crippen molar-refractivity contribution in [2.24, 2.45) is 11.1 Å². The molecule has 1 aromatic carbocycles. The minimum absolute atomic E-state index is 0.0279. The molecule has 2 N–H and O–H groups in total. The van der Waals surface area contributed by atoms with Crippen molar-refractivity contribution in [2.75, 3.05) is 13.6 Å². The molecule has 0 aromatic heterocycles. The highest BCUT2D eigenvalue weighted by atomic mass is 19.4. The number of amides is 1. The van der Waals surface area contributed by atoms with E-state index in [9.17, 15) is 18.0 Å². The molecule has 1 aromatic rings. The number of carbonyl (C=O) groups is 1. The Hall–Kier alpha value is -1.56. The van der Waals surface area contributed by atoms with E-state index in [0.29, 0.717) is 18.7 Å². The second kappa shape index (κ2) is 5.09. The molecule has 0 unspecified atom stereocenters. The fraction of sp³-hybridized carbons (Fsp3) is 0.500. The topological polar surface area (TPSA) is 46.3 Å². The third kappa shape index (κ3) is 2.95. The number of carbonyl (C=O) groups excluding carboxylic acids is 1. The van der Waals surface area contributed by atoms with Gasteiger partial charge in [-0.1, -0.05) is 12.1 Å². The first-order valence-corrected chi connectivity index (χ1v) is 6.40. The Morgan fingerprint density at radius 2 is 1.85 bits per heavy atom. The van der Waals surface area contributed by atoms with E-state index < -0.39 is 17.2 Å². The molecule has 1 saturated carbocycles. The van der Waals surface area contributed by atoms with E-state index >= 15 is 0 Å². The second-order valence-electron chi connectivity index (χ2n) is 5.34. The zero-order valence-corrected chi connectivity index (χ0v) is 11.2. The summed E-state index contributed by atoms with van der Waals surface area (Å²) in [6.45, 7) is 0.613. The summed E-state index contributed by atoms with van der Waals surface area (Å²) < 4.78 is 37.3. The highest BCUT2D eigenvalue weighted by molar-refractivity contribution is 5.85. The van der Waals surface area contributed by atoms with Gasteiger partial charge < -0.3 is 10.6 Å².